The lowest BCUT2D eigenvalue weighted by Gasteiger charge is -2.35. The number of halogens is 1. The molecule has 0 aromatic heterocycles. The van der Waals surface area contributed by atoms with Gasteiger partial charge in [0.2, 0.25) is 10.0 Å². The predicted octanol–water partition coefficient (Wildman–Crippen LogP) is 2.93. The van der Waals surface area contributed by atoms with E-state index in [4.69, 9.17) is 16.3 Å². The van der Waals surface area contributed by atoms with Gasteiger partial charge in [0.25, 0.3) is 0 Å². The van der Waals surface area contributed by atoms with Crippen LogP contribution in [0.1, 0.15) is 5.56 Å². The number of nitrogens with one attached hydrogen (secondary N) is 2. The molecule has 1 aliphatic heterocycles. The maximum atomic E-state index is 12.7. The van der Waals surface area contributed by atoms with Gasteiger partial charge in [-0.1, -0.05) is 23.7 Å². The van der Waals surface area contributed by atoms with Crippen LogP contribution in [0.2, 0.25) is 5.02 Å². The lowest BCUT2D eigenvalue weighted by Crippen LogP contribution is -2.50. The van der Waals surface area contributed by atoms with Crippen LogP contribution >= 0.6 is 11.6 Å². The number of hydrogen-bond acceptors (Lipinski definition) is 5. The van der Waals surface area contributed by atoms with Gasteiger partial charge in [0.1, 0.15) is 5.75 Å². The molecule has 10 heteroatoms. The molecular weight excluding hydrogens is 440 g/mol. The highest BCUT2D eigenvalue weighted by Crippen LogP contribution is 2.27. The highest BCUT2D eigenvalue weighted by atomic mass is 35.5. The summed E-state index contributed by atoms with van der Waals surface area (Å²) in [5.74, 6) is 0.288. The molecule has 2 amide bonds. The number of piperazine rings is 1. The molecule has 168 valence electrons. The van der Waals surface area contributed by atoms with Crippen LogP contribution in [0.3, 0.4) is 0 Å². The number of nitrogens with zero attached hydrogens (tertiary/aromatic N) is 2. The number of hydrogen-bond donors (Lipinski definition) is 2. The van der Waals surface area contributed by atoms with Crippen molar-refractivity contribution in [2.75, 3.05) is 55.8 Å². The first kappa shape index (κ1) is 23.2. The Kier molecular flexibility index (Phi) is 7.64. The van der Waals surface area contributed by atoms with Crippen molar-refractivity contribution in [1.29, 1.82) is 0 Å². The zero-order chi connectivity index (χ0) is 22.4. The van der Waals surface area contributed by atoms with Crippen LogP contribution in [-0.4, -0.2) is 64.3 Å². The van der Waals surface area contributed by atoms with E-state index < -0.39 is 16.1 Å². The Labute approximate surface area is 188 Å². The number of sulfonamides is 1. The SMILES string of the molecule is COc1ccc(Cl)cc1NC(=O)NCCS(=O)(=O)N1CCN(c2cccc(C)c2)CC1. The van der Waals surface area contributed by atoms with Crippen LogP contribution in [0.15, 0.2) is 42.5 Å². The number of ether oxygens (including phenoxy) is 1. The summed E-state index contributed by atoms with van der Waals surface area (Å²) in [6.07, 6.45) is 0. The molecule has 0 saturated carbocycles. The van der Waals surface area contributed by atoms with E-state index in [1.807, 2.05) is 25.1 Å². The zero-order valence-corrected chi connectivity index (χ0v) is 19.2. The summed E-state index contributed by atoms with van der Waals surface area (Å²) in [4.78, 5) is 14.3. The van der Waals surface area contributed by atoms with Gasteiger partial charge in [0, 0.05) is 43.4 Å². The summed E-state index contributed by atoms with van der Waals surface area (Å²) in [5.41, 5.74) is 2.68. The van der Waals surface area contributed by atoms with Crippen molar-refractivity contribution in [3.63, 3.8) is 0 Å². The van der Waals surface area contributed by atoms with Gasteiger partial charge in [0.15, 0.2) is 0 Å². The minimum Gasteiger partial charge on any atom is -0.495 e. The summed E-state index contributed by atoms with van der Waals surface area (Å²) >= 11 is 5.95. The monoisotopic (exact) mass is 466 g/mol. The number of carbonyl (C=O) groups is 1. The molecule has 0 spiro atoms. The maximum absolute atomic E-state index is 12.7. The van der Waals surface area contributed by atoms with Gasteiger partial charge < -0.3 is 20.3 Å². The van der Waals surface area contributed by atoms with Gasteiger partial charge in [-0.2, -0.15) is 4.31 Å². The lowest BCUT2D eigenvalue weighted by atomic mass is 10.2. The first-order valence-corrected chi connectivity index (χ1v) is 11.9. The van der Waals surface area contributed by atoms with E-state index in [2.05, 4.69) is 21.6 Å². The lowest BCUT2D eigenvalue weighted by molar-refractivity contribution is 0.252. The summed E-state index contributed by atoms with van der Waals surface area (Å²) in [6.45, 7) is 4.13. The van der Waals surface area contributed by atoms with Gasteiger partial charge in [0.05, 0.1) is 18.6 Å². The number of aryl methyl sites for hydroxylation is 1. The highest BCUT2D eigenvalue weighted by molar-refractivity contribution is 7.89. The molecule has 1 fully saturated rings. The Hall–Kier alpha value is -2.49. The smallest absolute Gasteiger partial charge is 0.319 e. The fraction of sp³-hybridized carbons (Fsp3) is 0.381. The van der Waals surface area contributed by atoms with Crippen LogP contribution < -0.4 is 20.3 Å². The fourth-order valence-corrected chi connectivity index (χ4v) is 4.93. The van der Waals surface area contributed by atoms with Gasteiger partial charge in [-0.25, -0.2) is 13.2 Å². The number of amides is 2. The van der Waals surface area contributed by atoms with Crippen LogP contribution in [0.5, 0.6) is 5.75 Å². The van der Waals surface area contributed by atoms with Crippen molar-refractivity contribution in [2.24, 2.45) is 0 Å². The summed E-state index contributed by atoms with van der Waals surface area (Å²) in [7, 11) is -1.98. The van der Waals surface area contributed by atoms with Crippen molar-refractivity contribution in [1.82, 2.24) is 9.62 Å². The molecule has 2 aromatic rings. The van der Waals surface area contributed by atoms with E-state index >= 15 is 0 Å². The van der Waals surface area contributed by atoms with E-state index in [1.165, 1.54) is 17.0 Å². The molecule has 8 nitrogen and oxygen atoms in total. The normalized spacial score (nSPS) is 14.9. The highest BCUT2D eigenvalue weighted by Gasteiger charge is 2.27. The van der Waals surface area contributed by atoms with Crippen LogP contribution in [-0.2, 0) is 10.0 Å². The molecule has 0 unspecified atom stereocenters. The first-order valence-electron chi connectivity index (χ1n) is 9.96. The van der Waals surface area contributed by atoms with E-state index in [0.717, 1.165) is 5.69 Å². The molecule has 1 aliphatic rings. The van der Waals surface area contributed by atoms with Crippen LogP contribution in [0.25, 0.3) is 0 Å². The quantitative estimate of drug-likeness (QED) is 0.654. The maximum Gasteiger partial charge on any atom is 0.319 e. The standard InChI is InChI=1S/C21H27ClN4O4S/c1-16-4-3-5-18(14-16)25-9-11-26(12-10-25)31(28,29)13-8-23-21(27)24-19-15-17(22)6-7-20(19)30-2/h3-7,14-15H,8-13H2,1-2H3,(H2,23,24,27). The molecule has 31 heavy (non-hydrogen) atoms. The Morgan fingerprint density at radius 1 is 1.13 bits per heavy atom. The largest absolute Gasteiger partial charge is 0.495 e. The topological polar surface area (TPSA) is 91.0 Å². The summed E-state index contributed by atoms with van der Waals surface area (Å²) in [5, 5.41) is 5.64. The Morgan fingerprint density at radius 2 is 1.87 bits per heavy atom. The number of anilines is 2. The molecule has 0 radical (unpaired) electrons. The number of carbonyl (C=O) groups excluding carboxylic acids is 1. The third-order valence-electron chi connectivity index (χ3n) is 5.05. The molecule has 2 aromatic carbocycles. The zero-order valence-electron chi connectivity index (χ0n) is 17.6. The van der Waals surface area contributed by atoms with Gasteiger partial charge in [-0.05, 0) is 42.8 Å². The van der Waals surface area contributed by atoms with E-state index in [1.54, 1.807) is 18.2 Å². The summed E-state index contributed by atoms with van der Waals surface area (Å²) in [6, 6.07) is 12.5. The third kappa shape index (κ3) is 6.25. The average Bonchev–Trinajstić information content (AvgIpc) is 2.74. The van der Waals surface area contributed by atoms with Crippen molar-refractivity contribution < 1.29 is 17.9 Å². The molecule has 2 N–H and O–H groups in total. The Morgan fingerprint density at radius 3 is 2.55 bits per heavy atom. The van der Waals surface area contributed by atoms with Crippen molar-refractivity contribution >= 4 is 39.0 Å². The Bertz CT molecular complexity index is 1020. The van der Waals surface area contributed by atoms with Gasteiger partial charge >= 0.3 is 6.03 Å². The van der Waals surface area contributed by atoms with E-state index in [0.29, 0.717) is 42.6 Å². The molecular formula is C21H27ClN4O4S. The molecule has 0 aliphatic carbocycles. The minimum absolute atomic E-state index is 0.00482. The molecule has 1 heterocycles. The van der Waals surface area contributed by atoms with Gasteiger partial charge in [-0.3, -0.25) is 0 Å². The first-order chi connectivity index (χ1) is 14.8. The second-order valence-corrected chi connectivity index (χ2v) is 9.79. The molecule has 3 rings (SSSR count). The average molecular weight is 467 g/mol. The third-order valence-corrected chi connectivity index (χ3v) is 7.16. The van der Waals surface area contributed by atoms with Crippen molar-refractivity contribution in [2.45, 2.75) is 6.92 Å². The number of urea groups is 1. The van der Waals surface area contributed by atoms with E-state index in [-0.39, 0.29) is 12.3 Å². The fourth-order valence-electron chi connectivity index (χ4n) is 3.42. The number of rotatable bonds is 7. The second kappa shape index (κ2) is 10.2. The second-order valence-electron chi connectivity index (χ2n) is 7.27. The number of benzene rings is 2. The minimum atomic E-state index is -3.47. The molecule has 0 bridgehead atoms. The molecule has 0 atom stereocenters. The predicted molar refractivity (Wildman–Crippen MR) is 124 cm³/mol. The summed E-state index contributed by atoms with van der Waals surface area (Å²) < 4.78 is 32.0. The van der Waals surface area contributed by atoms with Gasteiger partial charge in [-0.15, -0.1) is 0 Å². The van der Waals surface area contributed by atoms with Crippen LogP contribution in [0.4, 0.5) is 16.2 Å². The van der Waals surface area contributed by atoms with Crippen molar-refractivity contribution in [3.8, 4) is 5.75 Å². The molecule has 1 saturated heterocycles. The van der Waals surface area contributed by atoms with Crippen molar-refractivity contribution in [3.05, 3.63) is 53.1 Å². The van der Waals surface area contributed by atoms with E-state index in [9.17, 15) is 13.2 Å². The Balaban J connectivity index is 1.47. The number of methoxy groups -OCH3 is 1. The van der Waals surface area contributed by atoms with Crippen LogP contribution in [0, 0.1) is 6.92 Å².